The molecule has 0 bridgehead atoms. The van der Waals surface area contributed by atoms with E-state index in [1.54, 1.807) is 6.92 Å². The summed E-state index contributed by atoms with van der Waals surface area (Å²) in [6.07, 6.45) is 8.95. The quantitative estimate of drug-likeness (QED) is 0.180. The number of anilines is 2. The number of aromatic nitrogens is 2. The maximum absolute atomic E-state index is 6.10. The van der Waals surface area contributed by atoms with Crippen molar-refractivity contribution in [2.75, 3.05) is 40.4 Å². The van der Waals surface area contributed by atoms with Crippen LogP contribution < -0.4 is 21.3 Å². The second-order valence-electron chi connectivity index (χ2n) is 10.1. The van der Waals surface area contributed by atoms with Crippen LogP contribution in [-0.2, 0) is 37.6 Å². The molecule has 2 saturated heterocycles. The SMILES string of the molecule is CCI.Cc1c[c-]nc(N2CCC(C)(N)CC2)c1.Cc1ccnc(N2CCC(C)(N)CC2)c1.[CH2-]C.[I][V]([I])[I].[Y]. The molecule has 6 nitrogen and oxygen atoms in total. The van der Waals surface area contributed by atoms with E-state index < -0.39 is 0 Å². The van der Waals surface area contributed by atoms with Gasteiger partial charge < -0.3 is 33.2 Å². The van der Waals surface area contributed by atoms with Gasteiger partial charge in [0.25, 0.3) is 0 Å². The molecule has 0 unspecified atom stereocenters. The average molecular weight is 1120 g/mol. The van der Waals surface area contributed by atoms with E-state index in [-0.39, 0.29) is 48.7 Å². The Bertz CT molecular complexity index is 832. The van der Waals surface area contributed by atoms with Gasteiger partial charge in [0, 0.05) is 82.0 Å². The van der Waals surface area contributed by atoms with Gasteiger partial charge in [-0.3, -0.25) is 0 Å². The summed E-state index contributed by atoms with van der Waals surface area (Å²) in [4.78, 5) is 13.0. The number of pyridine rings is 2. The fourth-order valence-electron chi connectivity index (χ4n) is 3.83. The Labute approximate surface area is 321 Å². The zero-order chi connectivity index (χ0) is 30.1. The molecule has 0 aliphatic carbocycles. The third kappa shape index (κ3) is 21.2. The van der Waals surface area contributed by atoms with E-state index in [0.29, 0.717) is 0 Å². The third-order valence-corrected chi connectivity index (χ3v) is 6.19. The number of alkyl halides is 1. The van der Waals surface area contributed by atoms with E-state index in [9.17, 15) is 0 Å². The molecule has 40 heavy (non-hydrogen) atoms. The van der Waals surface area contributed by atoms with Crippen LogP contribution >= 0.6 is 82.5 Å². The van der Waals surface area contributed by atoms with Gasteiger partial charge in [-0.05, 0) is 68.6 Å². The molecule has 2 aliphatic rings. The van der Waals surface area contributed by atoms with Crippen LogP contribution in [0.3, 0.4) is 0 Å². The van der Waals surface area contributed by atoms with Crippen molar-refractivity contribution >= 4 is 94.2 Å². The summed E-state index contributed by atoms with van der Waals surface area (Å²) in [6.45, 7) is 19.6. The van der Waals surface area contributed by atoms with E-state index in [1.807, 2.05) is 18.3 Å². The van der Waals surface area contributed by atoms with E-state index in [4.69, 9.17) is 11.5 Å². The van der Waals surface area contributed by atoms with Crippen molar-refractivity contribution < 1.29 is 37.6 Å². The van der Waals surface area contributed by atoms with Gasteiger partial charge in [-0.1, -0.05) is 42.6 Å². The Balaban J connectivity index is 0. The summed E-state index contributed by atoms with van der Waals surface area (Å²) < 4.78 is 1.22. The van der Waals surface area contributed by atoms with Crippen LogP contribution in [0, 0.1) is 27.0 Å². The topological polar surface area (TPSA) is 84.3 Å². The van der Waals surface area contributed by atoms with Gasteiger partial charge in [0.1, 0.15) is 5.82 Å². The van der Waals surface area contributed by atoms with E-state index >= 15 is 0 Å². The van der Waals surface area contributed by atoms with Crippen molar-refractivity contribution in [3.05, 3.63) is 54.7 Å². The monoisotopic (exact) mass is 1110 g/mol. The first-order valence-corrected chi connectivity index (χ1v) is 28.2. The predicted molar refractivity (Wildman–Crippen MR) is 203 cm³/mol. The third-order valence-electron chi connectivity index (χ3n) is 6.19. The number of hydrogen-bond donors (Lipinski definition) is 2. The van der Waals surface area contributed by atoms with Crippen LogP contribution in [0.25, 0.3) is 0 Å². The van der Waals surface area contributed by atoms with Crippen molar-refractivity contribution in [3.63, 3.8) is 0 Å². The molecule has 4 rings (SSSR count). The molecule has 2 aromatic rings. The molecule has 4 heterocycles. The molecule has 0 saturated carbocycles. The van der Waals surface area contributed by atoms with Gasteiger partial charge in [0.05, 0.1) is 0 Å². The van der Waals surface area contributed by atoms with Gasteiger partial charge in [-0.15, -0.1) is 6.07 Å². The molecule has 1 radical (unpaired) electrons. The van der Waals surface area contributed by atoms with Crippen molar-refractivity contribution in [2.45, 2.75) is 78.3 Å². The van der Waals surface area contributed by atoms with Crippen LogP contribution in [-0.4, -0.2) is 51.7 Å². The zero-order valence-corrected chi connectivity index (χ0v) is 37.8. The normalized spacial score (nSPS) is 16.8. The molecule has 2 fully saturated rings. The van der Waals surface area contributed by atoms with Crippen molar-refractivity contribution in [3.8, 4) is 0 Å². The number of aryl methyl sites for hydroxylation is 2. The van der Waals surface area contributed by atoms with Crippen LogP contribution in [0.5, 0.6) is 0 Å². The molecule has 0 aromatic carbocycles. The largest absolute Gasteiger partial charge is 0 e. The summed E-state index contributed by atoms with van der Waals surface area (Å²) in [5, 5.41) is 0. The summed E-state index contributed by atoms with van der Waals surface area (Å²) in [5.41, 5.74) is 14.7. The van der Waals surface area contributed by atoms with Gasteiger partial charge in [-0.2, -0.15) is 18.6 Å². The minimum Gasteiger partial charge on any atom is 0 e. The summed E-state index contributed by atoms with van der Waals surface area (Å²) in [7, 11) is 0. The fourth-order valence-corrected chi connectivity index (χ4v) is 3.83. The van der Waals surface area contributed by atoms with Crippen LogP contribution in [0.1, 0.15) is 64.5 Å². The summed E-state index contributed by atoms with van der Waals surface area (Å²) in [5.74, 6) is 2.12. The first kappa shape index (κ1) is 44.6. The summed E-state index contributed by atoms with van der Waals surface area (Å²) >= 11 is 9.68. The second-order valence-corrected chi connectivity index (χ2v) is 47.0. The number of hydrogen-bond acceptors (Lipinski definition) is 6. The maximum atomic E-state index is 6.10. The first-order valence-electron chi connectivity index (χ1n) is 13.2. The molecule has 12 heteroatoms. The number of halogens is 4. The number of nitrogens with zero attached hydrogens (tertiary/aromatic N) is 4. The first-order chi connectivity index (χ1) is 18.3. The minimum atomic E-state index is -0.278. The van der Waals surface area contributed by atoms with Gasteiger partial charge in [0.15, 0.2) is 0 Å². The van der Waals surface area contributed by atoms with Crippen LogP contribution in [0.4, 0.5) is 11.6 Å². The van der Waals surface area contributed by atoms with Crippen LogP contribution in [0.2, 0.25) is 0 Å². The molecular formula is C28H47I4N6VY-2. The Kier molecular flexibility index (Phi) is 27.4. The molecule has 0 atom stereocenters. The Morgan fingerprint density at radius 2 is 1.27 bits per heavy atom. The smallest absolute Gasteiger partial charge is 0 e. The Morgan fingerprint density at radius 3 is 1.65 bits per heavy atom. The predicted octanol–water partition coefficient (Wildman–Crippen LogP) is 8.15. The molecule has 227 valence electrons. The number of rotatable bonds is 2. The summed E-state index contributed by atoms with van der Waals surface area (Å²) in [6, 6.07) is 8.18. The van der Waals surface area contributed by atoms with Crippen LogP contribution in [0.15, 0.2) is 30.5 Å². The fraction of sp³-hybridized carbons (Fsp3) is 0.607. The van der Waals surface area contributed by atoms with Gasteiger partial charge in [-0.25, -0.2) is 4.98 Å². The molecule has 4 N–H and O–H groups in total. The van der Waals surface area contributed by atoms with Crippen molar-refractivity contribution in [1.82, 2.24) is 9.97 Å². The van der Waals surface area contributed by atoms with Crippen molar-refractivity contribution in [1.29, 1.82) is 0 Å². The molecular weight excluding hydrogens is 1070 g/mol. The molecule has 2 aromatic heterocycles. The maximum Gasteiger partial charge on any atom is 0 e. The van der Waals surface area contributed by atoms with Gasteiger partial charge >= 0.3 is 64.9 Å². The second kappa shape index (κ2) is 24.6. The minimum absolute atomic E-state index is 0. The Hall–Kier alpha value is 2.43. The number of piperidine rings is 2. The van der Waals surface area contributed by atoms with Crippen molar-refractivity contribution in [2.24, 2.45) is 11.5 Å². The standard InChI is InChI=1S/C12H19N3.C12H18N3.C2H5I.C2H5.3HI.V.Y/c2*1-10-3-6-14-11(9-10)15-7-4-12(2,13)5-8-15;1-2-3;1-2;;;;;/h3,6,9H,4-5,7-8,13H2,1-2H3;3,9H,4-5,7-8,13H2,1-2H3;2H2,1H3;1H2,2H3;3*1H;;/q;-1;;-1;;;;+3;/p-3. The van der Waals surface area contributed by atoms with E-state index in [2.05, 4.69) is 162 Å². The van der Waals surface area contributed by atoms with Gasteiger partial charge in [0.2, 0.25) is 0 Å². The molecule has 0 spiro atoms. The zero-order valence-electron chi connectivity index (χ0n) is 24.9. The van der Waals surface area contributed by atoms with E-state index in [1.165, 1.54) is 15.6 Å². The number of nitrogens with two attached hydrogens (primary N) is 2. The molecule has 0 amide bonds. The van der Waals surface area contributed by atoms with E-state index in [0.717, 1.165) is 63.5 Å². The molecule has 2 aliphatic heterocycles. The average Bonchev–Trinajstić information content (AvgIpc) is 2.86. The Morgan fingerprint density at radius 1 is 0.900 bits per heavy atom.